The van der Waals surface area contributed by atoms with Crippen LogP contribution in [0.1, 0.15) is 5.56 Å². The Kier molecular flexibility index (Phi) is 3.69. The van der Waals surface area contributed by atoms with Crippen LogP contribution in [0.15, 0.2) is 12.1 Å². The minimum absolute atomic E-state index is 0. The van der Waals surface area contributed by atoms with E-state index in [4.69, 9.17) is 15.3 Å². The molecule has 3 nitrogen and oxygen atoms in total. The molecule has 0 saturated heterocycles. The summed E-state index contributed by atoms with van der Waals surface area (Å²) in [5, 5.41) is 26.5. The molecule has 0 aliphatic carbocycles. The Morgan fingerprint density at radius 3 is 2.00 bits per heavy atom. The third kappa shape index (κ3) is 2.01. The van der Waals surface area contributed by atoms with Gasteiger partial charge in [0, 0.05) is 32.7 Å². The maximum atomic E-state index is 8.91. The SMILES string of the molecule is [CH2-]c1ccc(O)c(O)c1O.[Y]. The fraction of sp³-hybridized carbons (Fsp3) is 0. The van der Waals surface area contributed by atoms with Crippen molar-refractivity contribution in [2.75, 3.05) is 0 Å². The first-order valence-corrected chi connectivity index (χ1v) is 2.69. The van der Waals surface area contributed by atoms with Crippen molar-refractivity contribution in [3.63, 3.8) is 0 Å². The van der Waals surface area contributed by atoms with E-state index in [2.05, 4.69) is 6.92 Å². The summed E-state index contributed by atoms with van der Waals surface area (Å²) < 4.78 is 0. The fourth-order valence-electron chi connectivity index (χ4n) is 0.611. The molecule has 0 aromatic heterocycles. The Balaban J connectivity index is 0.000001000. The van der Waals surface area contributed by atoms with Gasteiger partial charge in [-0.25, -0.2) is 0 Å². The molecule has 0 amide bonds. The van der Waals surface area contributed by atoms with Gasteiger partial charge in [-0.15, -0.1) is 0 Å². The van der Waals surface area contributed by atoms with Crippen molar-refractivity contribution in [3.8, 4) is 17.2 Å². The number of hydrogen-bond donors (Lipinski definition) is 3. The Labute approximate surface area is 89.6 Å². The number of phenolic OH excluding ortho intramolecular Hbond substituents is 3. The van der Waals surface area contributed by atoms with Crippen molar-refractivity contribution in [2.45, 2.75) is 0 Å². The van der Waals surface area contributed by atoms with Gasteiger partial charge in [-0.3, -0.25) is 0 Å². The molecule has 0 saturated carbocycles. The smallest absolute Gasteiger partial charge is 0.142 e. The van der Waals surface area contributed by atoms with Gasteiger partial charge in [0.2, 0.25) is 0 Å². The molecule has 1 radical (unpaired) electrons. The summed E-state index contributed by atoms with van der Waals surface area (Å²) in [6.07, 6.45) is 0. The van der Waals surface area contributed by atoms with Crippen molar-refractivity contribution < 1.29 is 48.0 Å². The average molecular weight is 228 g/mol. The van der Waals surface area contributed by atoms with Crippen molar-refractivity contribution in [1.82, 2.24) is 0 Å². The molecular formula is C7H7O3Y-. The van der Waals surface area contributed by atoms with Crippen LogP contribution in [0.25, 0.3) is 0 Å². The van der Waals surface area contributed by atoms with Crippen LogP contribution in [-0.4, -0.2) is 15.3 Å². The zero-order valence-corrected chi connectivity index (χ0v) is 8.62. The van der Waals surface area contributed by atoms with Gasteiger partial charge in [0.25, 0.3) is 0 Å². The largest absolute Gasteiger partial charge is 0.561 e. The van der Waals surface area contributed by atoms with E-state index in [9.17, 15) is 0 Å². The second kappa shape index (κ2) is 3.83. The topological polar surface area (TPSA) is 60.7 Å². The predicted octanol–water partition coefficient (Wildman–Crippen LogP) is 0.983. The van der Waals surface area contributed by atoms with Crippen LogP contribution >= 0.6 is 0 Å². The number of aromatic hydroxyl groups is 3. The van der Waals surface area contributed by atoms with Crippen LogP contribution in [0.2, 0.25) is 0 Å². The zero-order valence-electron chi connectivity index (χ0n) is 5.78. The predicted molar refractivity (Wildman–Crippen MR) is 35.9 cm³/mol. The summed E-state index contributed by atoms with van der Waals surface area (Å²) in [7, 11) is 0. The molecule has 1 aromatic carbocycles. The van der Waals surface area contributed by atoms with Gasteiger partial charge < -0.3 is 15.3 Å². The maximum Gasteiger partial charge on any atom is 0.142 e. The molecular weight excluding hydrogens is 221 g/mol. The first-order valence-electron chi connectivity index (χ1n) is 2.69. The van der Waals surface area contributed by atoms with E-state index in [1.165, 1.54) is 12.1 Å². The number of phenols is 3. The van der Waals surface area contributed by atoms with Crippen molar-refractivity contribution in [3.05, 3.63) is 24.6 Å². The standard InChI is InChI=1S/C7H7O3.Y/c1-4-2-3-5(8)7(10)6(4)9;/h2-3,8-10H,1H2;/q-1;. The molecule has 0 aliphatic rings. The monoisotopic (exact) mass is 228 g/mol. The summed E-state index contributed by atoms with van der Waals surface area (Å²) in [6.45, 7) is 3.40. The molecule has 0 bridgehead atoms. The van der Waals surface area contributed by atoms with Gasteiger partial charge in [-0.1, -0.05) is 6.07 Å². The van der Waals surface area contributed by atoms with Crippen LogP contribution < -0.4 is 0 Å². The van der Waals surface area contributed by atoms with E-state index >= 15 is 0 Å². The van der Waals surface area contributed by atoms with E-state index in [-0.39, 0.29) is 49.8 Å². The maximum absolute atomic E-state index is 8.91. The van der Waals surface area contributed by atoms with E-state index in [1.54, 1.807) is 0 Å². The summed E-state index contributed by atoms with van der Waals surface area (Å²) >= 11 is 0. The van der Waals surface area contributed by atoms with Crippen molar-refractivity contribution in [2.24, 2.45) is 0 Å². The summed E-state index contributed by atoms with van der Waals surface area (Å²) in [5.41, 5.74) is 0.287. The van der Waals surface area contributed by atoms with E-state index in [0.717, 1.165) is 0 Å². The van der Waals surface area contributed by atoms with Crippen LogP contribution in [0.5, 0.6) is 17.2 Å². The molecule has 11 heavy (non-hydrogen) atoms. The normalized spacial score (nSPS) is 8.73. The zero-order chi connectivity index (χ0) is 7.72. The van der Waals surface area contributed by atoms with Crippen LogP contribution in [0, 0.1) is 6.92 Å². The minimum atomic E-state index is -0.521. The molecule has 57 valence electrons. The van der Waals surface area contributed by atoms with Gasteiger partial charge in [0.05, 0.1) is 5.75 Å². The first-order chi connectivity index (χ1) is 4.63. The minimum Gasteiger partial charge on any atom is -0.561 e. The summed E-state index contributed by atoms with van der Waals surface area (Å²) in [4.78, 5) is 0. The Morgan fingerprint density at radius 2 is 1.55 bits per heavy atom. The second-order valence-corrected chi connectivity index (χ2v) is 1.94. The van der Waals surface area contributed by atoms with Crippen LogP contribution in [0.3, 0.4) is 0 Å². The van der Waals surface area contributed by atoms with Gasteiger partial charge in [-0.2, -0.15) is 18.6 Å². The molecule has 4 heteroatoms. The molecule has 1 aromatic rings. The van der Waals surface area contributed by atoms with Gasteiger partial charge >= 0.3 is 0 Å². The van der Waals surface area contributed by atoms with Crippen molar-refractivity contribution in [1.29, 1.82) is 0 Å². The summed E-state index contributed by atoms with van der Waals surface area (Å²) in [6, 6.07) is 2.67. The Morgan fingerprint density at radius 1 is 1.00 bits per heavy atom. The van der Waals surface area contributed by atoms with Gasteiger partial charge in [-0.05, 0) is 0 Å². The van der Waals surface area contributed by atoms with E-state index in [0.29, 0.717) is 0 Å². The molecule has 0 unspecified atom stereocenters. The number of benzene rings is 1. The molecule has 0 fully saturated rings. The number of hydrogen-bond acceptors (Lipinski definition) is 3. The van der Waals surface area contributed by atoms with Crippen molar-refractivity contribution >= 4 is 0 Å². The number of rotatable bonds is 0. The molecule has 0 heterocycles. The fourth-order valence-corrected chi connectivity index (χ4v) is 0.611. The molecule has 0 spiro atoms. The molecule has 0 aliphatic heterocycles. The molecule has 3 N–H and O–H groups in total. The summed E-state index contributed by atoms with van der Waals surface area (Å²) in [5.74, 6) is -1.24. The Bertz CT molecular complexity index is 233. The van der Waals surface area contributed by atoms with Crippen LogP contribution in [0.4, 0.5) is 0 Å². The Hall–Kier alpha value is -0.406. The third-order valence-corrected chi connectivity index (χ3v) is 1.21. The van der Waals surface area contributed by atoms with Gasteiger partial charge in [0.15, 0.2) is 0 Å². The second-order valence-electron chi connectivity index (χ2n) is 1.94. The van der Waals surface area contributed by atoms with Crippen LogP contribution in [-0.2, 0) is 32.7 Å². The third-order valence-electron chi connectivity index (χ3n) is 1.21. The molecule has 0 atom stereocenters. The average Bonchev–Trinajstić information content (AvgIpc) is 1.93. The van der Waals surface area contributed by atoms with E-state index in [1.807, 2.05) is 0 Å². The molecule has 1 rings (SSSR count). The van der Waals surface area contributed by atoms with Gasteiger partial charge in [0.1, 0.15) is 11.5 Å². The van der Waals surface area contributed by atoms with E-state index < -0.39 is 5.75 Å². The quantitative estimate of drug-likeness (QED) is 0.458. The first kappa shape index (κ1) is 10.6.